The van der Waals surface area contributed by atoms with Gasteiger partial charge in [0, 0.05) is 12.5 Å². The molecule has 0 saturated heterocycles. The van der Waals surface area contributed by atoms with E-state index in [0.29, 0.717) is 5.76 Å². The van der Waals surface area contributed by atoms with Crippen molar-refractivity contribution in [1.82, 2.24) is 0 Å². The number of hydrogen-bond acceptors (Lipinski definition) is 2. The van der Waals surface area contributed by atoms with E-state index in [-0.39, 0.29) is 0 Å². The summed E-state index contributed by atoms with van der Waals surface area (Å²) >= 11 is 0. The summed E-state index contributed by atoms with van der Waals surface area (Å²) in [5.41, 5.74) is 0. The molecular formula is C22H34O3. The van der Waals surface area contributed by atoms with E-state index in [4.69, 9.17) is 5.11 Å². The smallest absolute Gasteiger partial charge is 0.328 e. The van der Waals surface area contributed by atoms with Crippen LogP contribution in [0.15, 0.2) is 60.4 Å². The lowest BCUT2D eigenvalue weighted by Gasteiger charge is -2.02. The predicted molar refractivity (Wildman–Crippen MR) is 107 cm³/mol. The molecule has 0 atom stereocenters. The fourth-order valence-electron chi connectivity index (χ4n) is 2.33. The van der Waals surface area contributed by atoms with Crippen LogP contribution >= 0.6 is 0 Å². The van der Waals surface area contributed by atoms with Gasteiger partial charge in [0.25, 0.3) is 0 Å². The molecule has 0 unspecified atom stereocenters. The van der Waals surface area contributed by atoms with Crippen LogP contribution in [0.2, 0.25) is 0 Å². The molecule has 0 aromatic carbocycles. The fraction of sp³-hybridized carbons (Fsp3) is 0.500. The van der Waals surface area contributed by atoms with Gasteiger partial charge in [-0.1, -0.05) is 101 Å². The first kappa shape index (κ1) is 23.0. The summed E-state index contributed by atoms with van der Waals surface area (Å²) in [6.45, 7) is 2.24. The van der Waals surface area contributed by atoms with Crippen LogP contribution in [0, 0.1) is 0 Å². The molecule has 0 amide bonds. The number of carboxylic acids is 1. The van der Waals surface area contributed by atoms with Gasteiger partial charge in [-0.15, -0.1) is 0 Å². The molecule has 3 nitrogen and oxygen atoms in total. The summed E-state index contributed by atoms with van der Waals surface area (Å²) in [6.07, 6.45) is 27.2. The molecule has 0 bridgehead atoms. The molecule has 0 aliphatic carbocycles. The molecule has 0 aliphatic heterocycles. The molecule has 25 heavy (non-hydrogen) atoms. The second kappa shape index (κ2) is 18.3. The number of aliphatic hydroxyl groups is 1. The van der Waals surface area contributed by atoms with Gasteiger partial charge >= 0.3 is 5.97 Å². The van der Waals surface area contributed by atoms with E-state index in [1.165, 1.54) is 57.4 Å². The Hall–Kier alpha value is -2.03. The molecule has 0 heterocycles. The largest absolute Gasteiger partial charge is 0.512 e. The molecule has 3 heteroatoms. The number of unbranched alkanes of at least 4 members (excludes halogenated alkanes) is 8. The van der Waals surface area contributed by atoms with Crippen LogP contribution < -0.4 is 0 Å². The summed E-state index contributed by atoms with van der Waals surface area (Å²) < 4.78 is 0. The van der Waals surface area contributed by atoms with Gasteiger partial charge in [0.05, 0.1) is 5.76 Å². The predicted octanol–water partition coefficient (Wildman–Crippen LogP) is 6.66. The fourth-order valence-corrected chi connectivity index (χ4v) is 2.33. The van der Waals surface area contributed by atoms with E-state index in [2.05, 4.69) is 6.92 Å². The summed E-state index contributed by atoms with van der Waals surface area (Å²) in [6, 6.07) is 0. The Morgan fingerprint density at radius 1 is 0.680 bits per heavy atom. The van der Waals surface area contributed by atoms with Crippen LogP contribution in [0.1, 0.15) is 71.1 Å². The molecule has 0 aliphatic rings. The maximum Gasteiger partial charge on any atom is 0.328 e. The molecule has 0 spiro atoms. The Labute approximate surface area is 153 Å². The number of allylic oxidation sites excluding steroid dienone is 9. The lowest BCUT2D eigenvalue weighted by molar-refractivity contribution is -0.131. The number of aliphatic carboxylic acids is 1. The molecule has 0 fully saturated rings. The van der Waals surface area contributed by atoms with Crippen LogP contribution in [0.25, 0.3) is 0 Å². The maximum absolute atomic E-state index is 10.2. The van der Waals surface area contributed by atoms with Crippen LogP contribution in [0.3, 0.4) is 0 Å². The molecule has 140 valence electrons. The van der Waals surface area contributed by atoms with Gasteiger partial charge < -0.3 is 10.2 Å². The minimum absolute atomic E-state index is 0.424. The highest BCUT2D eigenvalue weighted by Crippen LogP contribution is 2.12. The first-order chi connectivity index (χ1) is 12.2. The van der Waals surface area contributed by atoms with Gasteiger partial charge in [-0.3, -0.25) is 0 Å². The number of hydrogen-bond donors (Lipinski definition) is 2. The highest BCUT2D eigenvalue weighted by molar-refractivity contribution is 5.80. The van der Waals surface area contributed by atoms with Gasteiger partial charge in [-0.05, 0) is 12.5 Å². The van der Waals surface area contributed by atoms with Crippen LogP contribution in [0.4, 0.5) is 0 Å². The number of carbonyl (C=O) groups is 1. The SMILES string of the molecule is CCCCCCCCCCCC(O)=CC=CC=CC=CC=CC(=O)O. The van der Waals surface area contributed by atoms with Crippen molar-refractivity contribution in [3.05, 3.63) is 60.4 Å². The van der Waals surface area contributed by atoms with Crippen molar-refractivity contribution in [2.45, 2.75) is 71.1 Å². The second-order valence-corrected chi connectivity index (χ2v) is 6.09. The first-order valence-corrected chi connectivity index (χ1v) is 9.46. The van der Waals surface area contributed by atoms with Gasteiger partial charge in [0.15, 0.2) is 0 Å². The normalized spacial score (nSPS) is 13.1. The molecule has 0 rings (SSSR count). The van der Waals surface area contributed by atoms with Crippen molar-refractivity contribution < 1.29 is 15.0 Å². The Kier molecular flexibility index (Phi) is 16.8. The van der Waals surface area contributed by atoms with E-state index in [9.17, 15) is 9.90 Å². The average Bonchev–Trinajstić information content (AvgIpc) is 2.58. The van der Waals surface area contributed by atoms with Crippen molar-refractivity contribution in [2.75, 3.05) is 0 Å². The molecular weight excluding hydrogens is 312 g/mol. The molecule has 0 radical (unpaired) electrons. The van der Waals surface area contributed by atoms with Crippen molar-refractivity contribution >= 4 is 5.97 Å². The quantitative estimate of drug-likeness (QED) is 0.151. The average molecular weight is 347 g/mol. The zero-order valence-electron chi connectivity index (χ0n) is 15.6. The van der Waals surface area contributed by atoms with E-state index in [1.807, 2.05) is 12.2 Å². The summed E-state index contributed by atoms with van der Waals surface area (Å²) in [7, 11) is 0. The molecule has 0 saturated carbocycles. The third kappa shape index (κ3) is 19.9. The number of rotatable bonds is 15. The summed E-state index contributed by atoms with van der Waals surface area (Å²) in [5.74, 6) is -0.534. The van der Waals surface area contributed by atoms with Gasteiger partial charge in [0.1, 0.15) is 0 Å². The molecule has 0 aromatic rings. The van der Waals surface area contributed by atoms with E-state index < -0.39 is 5.97 Å². The number of aliphatic hydroxyl groups excluding tert-OH is 1. The zero-order valence-corrected chi connectivity index (χ0v) is 15.6. The Morgan fingerprint density at radius 2 is 1.16 bits per heavy atom. The minimum Gasteiger partial charge on any atom is -0.512 e. The van der Waals surface area contributed by atoms with E-state index >= 15 is 0 Å². The lowest BCUT2D eigenvalue weighted by atomic mass is 10.1. The lowest BCUT2D eigenvalue weighted by Crippen LogP contribution is -1.84. The zero-order chi connectivity index (χ0) is 18.6. The first-order valence-electron chi connectivity index (χ1n) is 9.46. The van der Waals surface area contributed by atoms with Crippen molar-refractivity contribution in [3.8, 4) is 0 Å². The van der Waals surface area contributed by atoms with Crippen LogP contribution in [-0.4, -0.2) is 16.2 Å². The Morgan fingerprint density at radius 3 is 1.72 bits per heavy atom. The van der Waals surface area contributed by atoms with Gasteiger partial charge in [-0.25, -0.2) is 4.79 Å². The minimum atomic E-state index is -0.957. The number of carboxylic acid groups (broad SMARTS) is 1. The third-order valence-corrected chi connectivity index (χ3v) is 3.73. The van der Waals surface area contributed by atoms with E-state index in [0.717, 1.165) is 18.9 Å². The Balaban J connectivity index is 3.65. The Bertz CT molecular complexity index is 468. The van der Waals surface area contributed by atoms with Crippen LogP contribution in [-0.2, 0) is 4.79 Å². The van der Waals surface area contributed by atoms with Crippen molar-refractivity contribution in [1.29, 1.82) is 0 Å². The monoisotopic (exact) mass is 346 g/mol. The van der Waals surface area contributed by atoms with Crippen LogP contribution in [0.5, 0.6) is 0 Å². The van der Waals surface area contributed by atoms with Gasteiger partial charge in [0.2, 0.25) is 0 Å². The highest BCUT2D eigenvalue weighted by Gasteiger charge is 1.94. The maximum atomic E-state index is 10.2. The molecule has 0 aromatic heterocycles. The standard InChI is InChI=1S/C22H34O3/c1-2-3-4-5-6-7-9-12-15-18-21(23)19-16-13-10-8-11-14-17-20-22(24)25/h8,10-11,13-14,16-17,19-20,23H,2-7,9,12,15,18H2,1H3,(H,24,25). The van der Waals surface area contributed by atoms with Crippen molar-refractivity contribution in [2.24, 2.45) is 0 Å². The summed E-state index contributed by atoms with van der Waals surface area (Å²) in [4.78, 5) is 10.2. The second-order valence-electron chi connectivity index (χ2n) is 6.09. The molecule has 2 N–H and O–H groups in total. The van der Waals surface area contributed by atoms with Crippen molar-refractivity contribution in [3.63, 3.8) is 0 Å². The van der Waals surface area contributed by atoms with E-state index in [1.54, 1.807) is 30.4 Å². The van der Waals surface area contributed by atoms with Gasteiger partial charge in [-0.2, -0.15) is 0 Å². The highest BCUT2D eigenvalue weighted by atomic mass is 16.4. The third-order valence-electron chi connectivity index (χ3n) is 3.73. The topological polar surface area (TPSA) is 57.5 Å². The summed E-state index contributed by atoms with van der Waals surface area (Å²) in [5, 5.41) is 18.2.